The van der Waals surface area contributed by atoms with Crippen LogP contribution in [0.25, 0.3) is 0 Å². The van der Waals surface area contributed by atoms with Gasteiger partial charge in [0, 0.05) is 32.1 Å². The zero-order chi connectivity index (χ0) is 21.6. The lowest BCUT2D eigenvalue weighted by molar-refractivity contribution is -0.139. The van der Waals surface area contributed by atoms with Crippen molar-refractivity contribution in [1.82, 2.24) is 9.80 Å². The van der Waals surface area contributed by atoms with Crippen LogP contribution in [-0.4, -0.2) is 41.4 Å². The van der Waals surface area contributed by atoms with Gasteiger partial charge < -0.3 is 4.90 Å². The Morgan fingerprint density at radius 3 is 2.00 bits per heavy atom. The summed E-state index contributed by atoms with van der Waals surface area (Å²) < 4.78 is 0. The predicted octanol–water partition coefficient (Wildman–Crippen LogP) is 5.92. The SMILES string of the molecule is CC(C)C1CN(C(c2ccccc2)c2ccccc2)CCN1C(=O)CC1CCCCC1. The Bertz CT molecular complexity index is 774. The first kappa shape index (κ1) is 22.1. The third kappa shape index (κ3) is 5.38. The fourth-order valence-electron chi connectivity index (χ4n) is 5.59. The van der Waals surface area contributed by atoms with Crippen LogP contribution < -0.4 is 0 Å². The van der Waals surface area contributed by atoms with Crippen molar-refractivity contribution in [2.75, 3.05) is 19.6 Å². The molecule has 0 N–H and O–H groups in total. The highest BCUT2D eigenvalue weighted by molar-refractivity contribution is 5.77. The summed E-state index contributed by atoms with van der Waals surface area (Å²) in [6, 6.07) is 22.2. The van der Waals surface area contributed by atoms with Gasteiger partial charge in [-0.2, -0.15) is 0 Å². The van der Waals surface area contributed by atoms with Crippen molar-refractivity contribution in [3.8, 4) is 0 Å². The molecule has 1 heterocycles. The zero-order valence-corrected chi connectivity index (χ0v) is 19.2. The molecule has 1 aliphatic carbocycles. The van der Waals surface area contributed by atoms with E-state index < -0.39 is 0 Å². The van der Waals surface area contributed by atoms with Gasteiger partial charge in [0.2, 0.25) is 5.91 Å². The van der Waals surface area contributed by atoms with Crippen molar-refractivity contribution in [3.05, 3.63) is 71.8 Å². The molecule has 2 aromatic rings. The van der Waals surface area contributed by atoms with Gasteiger partial charge in [-0.05, 0) is 35.8 Å². The Hall–Kier alpha value is -2.13. The molecule has 31 heavy (non-hydrogen) atoms. The molecule has 166 valence electrons. The molecule has 2 aromatic carbocycles. The number of carbonyl (C=O) groups excluding carboxylic acids is 1. The molecular weight excluding hydrogens is 380 g/mol. The van der Waals surface area contributed by atoms with Crippen LogP contribution in [0.3, 0.4) is 0 Å². The summed E-state index contributed by atoms with van der Waals surface area (Å²) in [6.07, 6.45) is 7.18. The van der Waals surface area contributed by atoms with Crippen LogP contribution in [0.5, 0.6) is 0 Å². The van der Waals surface area contributed by atoms with Crippen molar-refractivity contribution in [1.29, 1.82) is 0 Å². The van der Waals surface area contributed by atoms with Crippen LogP contribution in [0.15, 0.2) is 60.7 Å². The average molecular weight is 419 g/mol. The molecule has 2 fully saturated rings. The highest BCUT2D eigenvalue weighted by Crippen LogP contribution is 2.33. The lowest BCUT2D eigenvalue weighted by atomic mass is 9.86. The van der Waals surface area contributed by atoms with Crippen LogP contribution in [-0.2, 0) is 4.79 Å². The Morgan fingerprint density at radius 2 is 1.45 bits per heavy atom. The van der Waals surface area contributed by atoms with Crippen LogP contribution in [0.4, 0.5) is 0 Å². The number of nitrogens with zero attached hydrogens (tertiary/aromatic N) is 2. The van der Waals surface area contributed by atoms with Gasteiger partial charge in [-0.15, -0.1) is 0 Å². The molecule has 0 radical (unpaired) electrons. The molecule has 3 nitrogen and oxygen atoms in total. The van der Waals surface area contributed by atoms with Crippen LogP contribution in [0.1, 0.15) is 69.5 Å². The molecular formula is C28H38N2O. The van der Waals surface area contributed by atoms with Gasteiger partial charge >= 0.3 is 0 Å². The molecule has 4 rings (SSSR count). The number of amides is 1. The number of benzene rings is 2. The first-order valence-electron chi connectivity index (χ1n) is 12.3. The summed E-state index contributed by atoms with van der Waals surface area (Å²) >= 11 is 0. The van der Waals surface area contributed by atoms with E-state index in [2.05, 4.69) is 84.3 Å². The smallest absolute Gasteiger partial charge is 0.223 e. The molecule has 3 heteroatoms. The third-order valence-corrected chi connectivity index (χ3v) is 7.32. The second kappa shape index (κ2) is 10.5. The predicted molar refractivity (Wildman–Crippen MR) is 128 cm³/mol. The van der Waals surface area contributed by atoms with E-state index in [9.17, 15) is 4.79 Å². The molecule has 0 spiro atoms. The van der Waals surface area contributed by atoms with E-state index in [-0.39, 0.29) is 12.1 Å². The first-order chi connectivity index (χ1) is 15.1. The Balaban J connectivity index is 1.53. The summed E-state index contributed by atoms with van der Waals surface area (Å²) in [5, 5.41) is 0. The van der Waals surface area contributed by atoms with Gasteiger partial charge in [0.25, 0.3) is 0 Å². The number of rotatable bonds is 6. The van der Waals surface area contributed by atoms with Crippen molar-refractivity contribution in [3.63, 3.8) is 0 Å². The van der Waals surface area contributed by atoms with Gasteiger partial charge in [-0.3, -0.25) is 9.69 Å². The molecule has 1 saturated heterocycles. The second-order valence-electron chi connectivity index (χ2n) is 9.83. The van der Waals surface area contributed by atoms with Gasteiger partial charge in [-0.1, -0.05) is 93.8 Å². The minimum Gasteiger partial charge on any atom is -0.337 e. The van der Waals surface area contributed by atoms with Crippen molar-refractivity contribution < 1.29 is 4.79 Å². The highest BCUT2D eigenvalue weighted by Gasteiger charge is 2.36. The number of hydrogen-bond donors (Lipinski definition) is 0. The fourth-order valence-corrected chi connectivity index (χ4v) is 5.59. The Kier molecular flexibility index (Phi) is 7.45. The van der Waals surface area contributed by atoms with Crippen LogP contribution in [0.2, 0.25) is 0 Å². The third-order valence-electron chi connectivity index (χ3n) is 7.32. The van der Waals surface area contributed by atoms with E-state index in [0.717, 1.165) is 26.1 Å². The summed E-state index contributed by atoms with van der Waals surface area (Å²) in [4.78, 5) is 18.1. The minimum atomic E-state index is 0.235. The second-order valence-corrected chi connectivity index (χ2v) is 9.83. The summed E-state index contributed by atoms with van der Waals surface area (Å²) in [5.41, 5.74) is 2.66. The largest absolute Gasteiger partial charge is 0.337 e. The molecule has 0 bridgehead atoms. The topological polar surface area (TPSA) is 23.6 Å². The minimum absolute atomic E-state index is 0.235. The quantitative estimate of drug-likeness (QED) is 0.582. The van der Waals surface area contributed by atoms with Crippen molar-refractivity contribution in [2.45, 2.75) is 64.5 Å². The van der Waals surface area contributed by atoms with Gasteiger partial charge in [0.05, 0.1) is 6.04 Å². The molecule has 1 amide bonds. The number of piperazine rings is 1. The van der Waals surface area contributed by atoms with E-state index in [4.69, 9.17) is 0 Å². The maximum Gasteiger partial charge on any atom is 0.223 e. The molecule has 1 atom stereocenters. The van der Waals surface area contributed by atoms with Gasteiger partial charge in [0.1, 0.15) is 0 Å². The van der Waals surface area contributed by atoms with Crippen molar-refractivity contribution >= 4 is 5.91 Å². The first-order valence-corrected chi connectivity index (χ1v) is 12.3. The highest BCUT2D eigenvalue weighted by atomic mass is 16.2. The van der Waals surface area contributed by atoms with Crippen LogP contribution >= 0.6 is 0 Å². The summed E-state index contributed by atoms with van der Waals surface area (Å²) in [7, 11) is 0. The van der Waals surface area contributed by atoms with Crippen LogP contribution in [0, 0.1) is 11.8 Å². The summed E-state index contributed by atoms with van der Waals surface area (Å²) in [6.45, 7) is 7.24. The lowest BCUT2D eigenvalue weighted by Gasteiger charge is -2.46. The van der Waals surface area contributed by atoms with Crippen molar-refractivity contribution in [2.24, 2.45) is 11.8 Å². The molecule has 2 aliphatic rings. The van der Waals surface area contributed by atoms with E-state index >= 15 is 0 Å². The normalized spacial score (nSPS) is 21.0. The standard InChI is InChI=1S/C28H38N2O/c1-22(2)26-21-29(18-19-30(26)27(31)20-23-12-6-3-7-13-23)28(24-14-8-4-9-15-24)25-16-10-5-11-17-25/h4-5,8-11,14-17,22-23,26,28H,3,6-7,12-13,18-21H2,1-2H3. The molecule has 0 aromatic heterocycles. The Labute approximate surface area is 188 Å². The monoisotopic (exact) mass is 418 g/mol. The molecule has 1 unspecified atom stereocenters. The lowest BCUT2D eigenvalue weighted by Crippen LogP contribution is -2.58. The maximum absolute atomic E-state index is 13.3. The number of carbonyl (C=O) groups is 1. The molecule has 1 saturated carbocycles. The summed E-state index contributed by atoms with van der Waals surface area (Å²) in [5.74, 6) is 1.44. The fraction of sp³-hybridized carbons (Fsp3) is 0.536. The van der Waals surface area contributed by atoms with E-state index in [1.54, 1.807) is 0 Å². The van der Waals surface area contributed by atoms with Gasteiger partial charge in [0.15, 0.2) is 0 Å². The van der Waals surface area contributed by atoms with Gasteiger partial charge in [-0.25, -0.2) is 0 Å². The molecule has 1 aliphatic heterocycles. The Morgan fingerprint density at radius 1 is 0.871 bits per heavy atom. The zero-order valence-electron chi connectivity index (χ0n) is 19.2. The van der Waals surface area contributed by atoms with E-state index in [1.165, 1.54) is 43.2 Å². The average Bonchev–Trinajstić information content (AvgIpc) is 2.81. The van der Waals surface area contributed by atoms with E-state index in [1.807, 2.05) is 0 Å². The maximum atomic E-state index is 13.3. The number of hydrogen-bond acceptors (Lipinski definition) is 2. The van der Waals surface area contributed by atoms with E-state index in [0.29, 0.717) is 17.7 Å².